The van der Waals surface area contributed by atoms with Crippen LogP contribution in [0.4, 0.5) is 5.69 Å². The van der Waals surface area contributed by atoms with Gasteiger partial charge in [0.2, 0.25) is 0 Å². The zero-order valence-corrected chi connectivity index (χ0v) is 19.8. The third kappa shape index (κ3) is 5.43. The number of hydrogen-bond acceptors (Lipinski definition) is 5. The van der Waals surface area contributed by atoms with Gasteiger partial charge in [0.05, 0.1) is 16.0 Å². The Bertz CT molecular complexity index is 1080. The second-order valence-electron chi connectivity index (χ2n) is 9.87. The lowest BCUT2D eigenvalue weighted by molar-refractivity contribution is -0.0436. The fourth-order valence-electron chi connectivity index (χ4n) is 4.43. The molecule has 0 spiro atoms. The number of carbonyl (C=O) groups is 1. The third-order valence-electron chi connectivity index (χ3n) is 5.85. The van der Waals surface area contributed by atoms with Crippen molar-refractivity contribution in [1.29, 1.82) is 0 Å². The average Bonchev–Trinajstić information content (AvgIpc) is 2.76. The Morgan fingerprint density at radius 2 is 1.78 bits per heavy atom. The summed E-state index contributed by atoms with van der Waals surface area (Å²) in [6.07, 6.45) is 3.82. The van der Waals surface area contributed by atoms with Crippen LogP contribution in [0.25, 0.3) is 10.9 Å². The van der Waals surface area contributed by atoms with Gasteiger partial charge in [-0.2, -0.15) is 0 Å². The number of likely N-dealkylation sites (tertiary alicyclic amines) is 1. The molecule has 2 aromatic carbocycles. The molecule has 5 nitrogen and oxygen atoms in total. The first-order valence-corrected chi connectivity index (χ1v) is 11.9. The van der Waals surface area contributed by atoms with Gasteiger partial charge in [0.1, 0.15) is 0 Å². The monoisotopic (exact) mass is 449 g/mol. The zero-order chi connectivity index (χ0) is 22.8. The first-order valence-electron chi connectivity index (χ1n) is 11.1. The SMILES string of the molecule is CC(C)(C)CC1(O)CCN(C(=O)c2ccc(NSc3cccc4cccnc34)cc2)CC1. The third-order valence-corrected chi connectivity index (χ3v) is 6.73. The van der Waals surface area contributed by atoms with E-state index in [-0.39, 0.29) is 11.3 Å². The highest BCUT2D eigenvalue weighted by atomic mass is 32.2. The number of aromatic nitrogens is 1. The van der Waals surface area contributed by atoms with Gasteiger partial charge in [-0.3, -0.25) is 9.78 Å². The molecule has 1 aliphatic heterocycles. The number of nitrogens with one attached hydrogen (secondary N) is 1. The lowest BCUT2D eigenvalue weighted by atomic mass is 9.77. The van der Waals surface area contributed by atoms with Crippen LogP contribution in [-0.4, -0.2) is 39.6 Å². The molecule has 1 aliphatic rings. The van der Waals surface area contributed by atoms with Crippen molar-refractivity contribution in [1.82, 2.24) is 9.88 Å². The van der Waals surface area contributed by atoms with Gasteiger partial charge in [-0.05, 0) is 73.0 Å². The van der Waals surface area contributed by atoms with E-state index in [1.165, 1.54) is 11.9 Å². The predicted octanol–water partition coefficient (Wildman–Crippen LogP) is 5.76. The molecule has 0 aliphatic carbocycles. The summed E-state index contributed by atoms with van der Waals surface area (Å²) >= 11 is 1.51. The van der Waals surface area contributed by atoms with Crippen molar-refractivity contribution in [2.45, 2.75) is 50.5 Å². The van der Waals surface area contributed by atoms with E-state index in [2.05, 4.69) is 42.6 Å². The highest BCUT2D eigenvalue weighted by Gasteiger charge is 2.37. The Morgan fingerprint density at radius 3 is 2.47 bits per heavy atom. The van der Waals surface area contributed by atoms with Crippen molar-refractivity contribution in [2.24, 2.45) is 5.41 Å². The van der Waals surface area contributed by atoms with Crippen LogP contribution in [0.1, 0.15) is 50.4 Å². The minimum Gasteiger partial charge on any atom is -0.390 e. The number of rotatable bonds is 5. The number of carbonyl (C=O) groups excluding carboxylic acids is 1. The molecular weight excluding hydrogens is 418 g/mol. The number of piperidine rings is 1. The van der Waals surface area contributed by atoms with Gasteiger partial charge >= 0.3 is 0 Å². The molecule has 6 heteroatoms. The van der Waals surface area contributed by atoms with Gasteiger partial charge in [-0.1, -0.05) is 39.0 Å². The maximum Gasteiger partial charge on any atom is 0.253 e. The number of fused-ring (bicyclic) bond motifs is 1. The Morgan fingerprint density at radius 1 is 1.09 bits per heavy atom. The fourth-order valence-corrected chi connectivity index (χ4v) is 5.20. The smallest absolute Gasteiger partial charge is 0.253 e. The molecule has 0 bridgehead atoms. The first kappa shape index (κ1) is 22.6. The van der Waals surface area contributed by atoms with Crippen molar-refractivity contribution in [3.05, 3.63) is 66.4 Å². The van der Waals surface area contributed by atoms with Gasteiger partial charge in [0.25, 0.3) is 5.91 Å². The molecule has 2 N–H and O–H groups in total. The molecule has 0 unspecified atom stereocenters. The van der Waals surface area contributed by atoms with Gasteiger partial charge in [-0.25, -0.2) is 0 Å². The summed E-state index contributed by atoms with van der Waals surface area (Å²) in [4.78, 5) is 20.3. The molecule has 4 rings (SSSR count). The number of pyridine rings is 1. The van der Waals surface area contributed by atoms with Crippen LogP contribution in [-0.2, 0) is 0 Å². The molecule has 0 saturated carbocycles. The lowest BCUT2D eigenvalue weighted by Crippen LogP contribution is -2.48. The van der Waals surface area contributed by atoms with Crippen molar-refractivity contribution >= 4 is 34.4 Å². The molecule has 168 valence electrons. The molecule has 1 fully saturated rings. The van der Waals surface area contributed by atoms with Crippen molar-refractivity contribution in [2.75, 3.05) is 17.8 Å². The predicted molar refractivity (Wildman–Crippen MR) is 132 cm³/mol. The molecule has 0 atom stereocenters. The summed E-state index contributed by atoms with van der Waals surface area (Å²) in [7, 11) is 0. The van der Waals surface area contributed by atoms with Gasteiger partial charge in [-0.15, -0.1) is 0 Å². The standard InChI is InChI=1S/C26H31N3O2S/c1-25(2,3)18-26(31)13-16-29(17-14-26)24(30)20-9-11-21(12-10-20)28-32-22-8-4-6-19-7-5-15-27-23(19)22/h4-12,15,28,31H,13-14,16-18H2,1-3H3. The number of amides is 1. The number of hydrogen-bond donors (Lipinski definition) is 2. The molecular formula is C26H31N3O2S. The summed E-state index contributed by atoms with van der Waals surface area (Å²) in [5, 5.41) is 12.0. The summed E-state index contributed by atoms with van der Waals surface area (Å²) in [6.45, 7) is 7.62. The molecule has 1 amide bonds. The van der Waals surface area contributed by atoms with Gasteiger partial charge in [0, 0.05) is 35.9 Å². The molecule has 32 heavy (non-hydrogen) atoms. The molecule has 0 radical (unpaired) electrons. The number of nitrogens with zero attached hydrogens (tertiary/aromatic N) is 2. The van der Waals surface area contributed by atoms with Crippen LogP contribution < -0.4 is 4.72 Å². The maximum atomic E-state index is 12.9. The molecule has 2 heterocycles. The number of para-hydroxylation sites is 1. The van der Waals surface area contributed by atoms with E-state index in [1.54, 1.807) is 6.20 Å². The van der Waals surface area contributed by atoms with Crippen molar-refractivity contribution < 1.29 is 9.90 Å². The first-order chi connectivity index (χ1) is 15.2. The van der Waals surface area contributed by atoms with E-state index in [1.807, 2.05) is 47.4 Å². The summed E-state index contributed by atoms with van der Waals surface area (Å²) in [6, 6.07) is 17.7. The van der Waals surface area contributed by atoms with Crippen LogP contribution in [0, 0.1) is 5.41 Å². The van der Waals surface area contributed by atoms with E-state index in [4.69, 9.17) is 0 Å². The maximum absolute atomic E-state index is 12.9. The highest BCUT2D eigenvalue weighted by Crippen LogP contribution is 2.35. The summed E-state index contributed by atoms with van der Waals surface area (Å²) < 4.78 is 3.35. The fraction of sp³-hybridized carbons (Fsp3) is 0.385. The normalized spacial score (nSPS) is 16.2. The van der Waals surface area contributed by atoms with Gasteiger partial charge in [0.15, 0.2) is 0 Å². The number of aliphatic hydroxyl groups is 1. The number of benzene rings is 2. The lowest BCUT2D eigenvalue weighted by Gasteiger charge is -2.41. The van der Waals surface area contributed by atoms with Crippen LogP contribution >= 0.6 is 11.9 Å². The Labute approximate surface area is 194 Å². The Balaban J connectivity index is 1.35. The minimum atomic E-state index is -0.670. The summed E-state index contributed by atoms with van der Waals surface area (Å²) in [5.74, 6) is 0.0280. The summed E-state index contributed by atoms with van der Waals surface area (Å²) in [5.41, 5.74) is 1.97. The topological polar surface area (TPSA) is 65.5 Å². The Hall–Kier alpha value is -2.57. The van der Waals surface area contributed by atoms with E-state index in [0.717, 1.165) is 27.9 Å². The quantitative estimate of drug-likeness (QED) is 0.485. The average molecular weight is 450 g/mol. The van der Waals surface area contributed by atoms with Crippen molar-refractivity contribution in [3.63, 3.8) is 0 Å². The molecule has 1 aromatic heterocycles. The Kier molecular flexibility index (Phi) is 6.45. The zero-order valence-electron chi connectivity index (χ0n) is 19.0. The van der Waals surface area contributed by atoms with Crippen LogP contribution in [0.3, 0.4) is 0 Å². The second-order valence-corrected chi connectivity index (χ2v) is 10.7. The van der Waals surface area contributed by atoms with E-state index < -0.39 is 5.60 Å². The number of anilines is 1. The van der Waals surface area contributed by atoms with Crippen LogP contribution in [0.15, 0.2) is 65.7 Å². The van der Waals surface area contributed by atoms with E-state index in [0.29, 0.717) is 31.5 Å². The van der Waals surface area contributed by atoms with E-state index in [9.17, 15) is 9.90 Å². The van der Waals surface area contributed by atoms with Crippen LogP contribution in [0.5, 0.6) is 0 Å². The van der Waals surface area contributed by atoms with Crippen molar-refractivity contribution in [3.8, 4) is 0 Å². The van der Waals surface area contributed by atoms with E-state index >= 15 is 0 Å². The minimum absolute atomic E-state index is 0.0280. The van der Waals surface area contributed by atoms with Crippen LogP contribution in [0.2, 0.25) is 0 Å². The molecule has 1 saturated heterocycles. The van der Waals surface area contributed by atoms with Gasteiger partial charge < -0.3 is 14.7 Å². The highest BCUT2D eigenvalue weighted by molar-refractivity contribution is 8.00. The molecule has 3 aromatic rings. The largest absolute Gasteiger partial charge is 0.390 e. The second kappa shape index (κ2) is 9.12.